The van der Waals surface area contributed by atoms with E-state index >= 15 is 0 Å². The van der Waals surface area contributed by atoms with Crippen LogP contribution in [0.5, 0.6) is 5.75 Å². The molecule has 1 aromatic heterocycles. The van der Waals surface area contributed by atoms with E-state index in [1.165, 1.54) is 6.07 Å². The van der Waals surface area contributed by atoms with Crippen molar-refractivity contribution < 1.29 is 13.5 Å². The van der Waals surface area contributed by atoms with Crippen LogP contribution >= 0.6 is 0 Å². The normalized spacial score (nSPS) is 12.5. The van der Waals surface area contributed by atoms with Gasteiger partial charge in [0.05, 0.1) is 12.6 Å². The van der Waals surface area contributed by atoms with Crippen molar-refractivity contribution in [3.05, 3.63) is 65.7 Å². The summed E-state index contributed by atoms with van der Waals surface area (Å²) < 4.78 is 24.7. The lowest BCUT2D eigenvalue weighted by molar-refractivity contribution is 0.339. The third-order valence-corrected chi connectivity index (χ3v) is 3.35. The molecule has 4 heteroatoms. The van der Waals surface area contributed by atoms with Crippen LogP contribution in [0.1, 0.15) is 24.3 Å². The van der Waals surface area contributed by atoms with Crippen LogP contribution in [0.2, 0.25) is 0 Å². The highest BCUT2D eigenvalue weighted by Crippen LogP contribution is 2.29. The lowest BCUT2D eigenvalue weighted by Crippen LogP contribution is -2.11. The summed E-state index contributed by atoms with van der Waals surface area (Å²) in [7, 11) is 0. The molecule has 0 radical (unpaired) electrons. The zero-order valence-electron chi connectivity index (χ0n) is 11.7. The Balaban J connectivity index is 1.98. The number of furan rings is 1. The minimum atomic E-state index is -0.461. The number of halogens is 1. The highest BCUT2D eigenvalue weighted by Gasteiger charge is 2.16. The molecule has 1 atom stereocenters. The van der Waals surface area contributed by atoms with E-state index in [0.717, 1.165) is 11.3 Å². The molecule has 0 spiro atoms. The lowest BCUT2D eigenvalue weighted by Gasteiger charge is -2.11. The number of ether oxygens (including phenoxy) is 1. The van der Waals surface area contributed by atoms with Gasteiger partial charge in [0, 0.05) is 5.39 Å². The Kier molecular flexibility index (Phi) is 3.62. The maximum absolute atomic E-state index is 13.7. The van der Waals surface area contributed by atoms with Crippen LogP contribution in [0.3, 0.4) is 0 Å². The third-order valence-electron chi connectivity index (χ3n) is 3.35. The molecule has 2 N–H and O–H groups in total. The van der Waals surface area contributed by atoms with Crippen LogP contribution < -0.4 is 10.5 Å². The Labute approximate surface area is 122 Å². The number of hydrogen-bond acceptors (Lipinski definition) is 3. The smallest absolute Gasteiger partial charge is 0.169 e. The zero-order chi connectivity index (χ0) is 14.8. The standard InChI is InChI=1S/C17H16FNO2/c1-2-20-13-7-3-5-11(9-13)16(19)15-10-12-6-4-8-14(18)17(12)21-15/h3-10,16H,2,19H2,1H3. The molecule has 0 fully saturated rings. The summed E-state index contributed by atoms with van der Waals surface area (Å²) in [6, 6.07) is 13.7. The number of nitrogens with two attached hydrogens (primary N) is 1. The molecule has 0 saturated carbocycles. The highest BCUT2D eigenvalue weighted by atomic mass is 19.1. The molecule has 1 unspecified atom stereocenters. The Hall–Kier alpha value is -2.33. The summed E-state index contributed by atoms with van der Waals surface area (Å²) in [6.07, 6.45) is 0. The monoisotopic (exact) mass is 285 g/mol. The second-order valence-corrected chi connectivity index (χ2v) is 4.79. The van der Waals surface area contributed by atoms with E-state index in [9.17, 15) is 4.39 Å². The van der Waals surface area contributed by atoms with E-state index < -0.39 is 6.04 Å². The van der Waals surface area contributed by atoms with Gasteiger partial charge in [-0.05, 0) is 36.8 Å². The number of rotatable bonds is 4. The van der Waals surface area contributed by atoms with E-state index in [-0.39, 0.29) is 11.4 Å². The molecule has 108 valence electrons. The van der Waals surface area contributed by atoms with Crippen LogP contribution in [0.25, 0.3) is 11.0 Å². The Morgan fingerprint density at radius 2 is 2.00 bits per heavy atom. The number of fused-ring (bicyclic) bond motifs is 1. The molecule has 1 heterocycles. The van der Waals surface area contributed by atoms with E-state index in [2.05, 4.69) is 0 Å². The molecule has 3 rings (SSSR count). The van der Waals surface area contributed by atoms with E-state index in [4.69, 9.17) is 14.9 Å². The maximum atomic E-state index is 13.7. The molecule has 2 aromatic carbocycles. The van der Waals surface area contributed by atoms with Crippen molar-refractivity contribution in [1.29, 1.82) is 0 Å². The van der Waals surface area contributed by atoms with Crippen LogP contribution in [0.4, 0.5) is 4.39 Å². The molecule has 0 aliphatic carbocycles. The number of hydrogen-bond donors (Lipinski definition) is 1. The fourth-order valence-corrected chi connectivity index (χ4v) is 2.33. The van der Waals surface area contributed by atoms with Gasteiger partial charge in [0.25, 0.3) is 0 Å². The Morgan fingerprint density at radius 1 is 1.19 bits per heavy atom. The first-order valence-electron chi connectivity index (χ1n) is 6.85. The van der Waals surface area contributed by atoms with Crippen LogP contribution in [0, 0.1) is 5.82 Å². The van der Waals surface area contributed by atoms with E-state index in [1.807, 2.05) is 31.2 Å². The van der Waals surface area contributed by atoms with Gasteiger partial charge in [-0.15, -0.1) is 0 Å². The molecule has 0 aliphatic heterocycles. The van der Waals surface area contributed by atoms with Crippen LogP contribution in [0.15, 0.2) is 52.9 Å². The van der Waals surface area contributed by atoms with Crippen molar-refractivity contribution in [3.8, 4) is 5.75 Å². The first-order chi connectivity index (χ1) is 10.2. The van der Waals surface area contributed by atoms with Crippen molar-refractivity contribution in [2.45, 2.75) is 13.0 Å². The van der Waals surface area contributed by atoms with Crippen LogP contribution in [-0.4, -0.2) is 6.61 Å². The summed E-state index contributed by atoms with van der Waals surface area (Å²) in [6.45, 7) is 2.52. The van der Waals surface area contributed by atoms with Crippen molar-refractivity contribution in [3.63, 3.8) is 0 Å². The van der Waals surface area contributed by atoms with Gasteiger partial charge in [-0.3, -0.25) is 0 Å². The molecule has 0 saturated heterocycles. The molecule has 0 bridgehead atoms. The summed E-state index contributed by atoms with van der Waals surface area (Å²) in [5.41, 5.74) is 7.32. The molecule has 0 aliphatic rings. The third kappa shape index (κ3) is 2.62. The number of para-hydroxylation sites is 1. The average Bonchev–Trinajstić information content (AvgIpc) is 2.93. The van der Waals surface area contributed by atoms with E-state index in [1.54, 1.807) is 18.2 Å². The lowest BCUT2D eigenvalue weighted by atomic mass is 10.0. The second kappa shape index (κ2) is 5.58. The average molecular weight is 285 g/mol. The topological polar surface area (TPSA) is 48.4 Å². The van der Waals surface area contributed by atoms with Crippen molar-refractivity contribution in [2.24, 2.45) is 5.73 Å². The maximum Gasteiger partial charge on any atom is 0.169 e. The molecule has 21 heavy (non-hydrogen) atoms. The largest absolute Gasteiger partial charge is 0.494 e. The van der Waals surface area contributed by atoms with Crippen molar-refractivity contribution in [1.82, 2.24) is 0 Å². The van der Waals surface area contributed by atoms with Gasteiger partial charge in [-0.2, -0.15) is 0 Å². The second-order valence-electron chi connectivity index (χ2n) is 4.79. The van der Waals surface area contributed by atoms with Crippen LogP contribution in [-0.2, 0) is 0 Å². The minimum Gasteiger partial charge on any atom is -0.494 e. The minimum absolute atomic E-state index is 0.240. The summed E-state index contributed by atoms with van der Waals surface area (Å²) in [5.74, 6) is 0.908. The zero-order valence-corrected chi connectivity index (χ0v) is 11.7. The van der Waals surface area contributed by atoms with Gasteiger partial charge in [-0.25, -0.2) is 4.39 Å². The fourth-order valence-electron chi connectivity index (χ4n) is 2.33. The Morgan fingerprint density at radius 3 is 2.76 bits per heavy atom. The molecular formula is C17H16FNO2. The van der Waals surface area contributed by atoms with Gasteiger partial charge in [0.15, 0.2) is 11.4 Å². The quantitative estimate of drug-likeness (QED) is 0.787. The first-order valence-corrected chi connectivity index (χ1v) is 6.85. The number of benzene rings is 2. The summed E-state index contributed by atoms with van der Waals surface area (Å²) >= 11 is 0. The predicted molar refractivity (Wildman–Crippen MR) is 79.8 cm³/mol. The van der Waals surface area contributed by atoms with Crippen molar-refractivity contribution in [2.75, 3.05) is 6.61 Å². The van der Waals surface area contributed by atoms with Gasteiger partial charge >= 0.3 is 0 Å². The molecular weight excluding hydrogens is 269 g/mol. The first kappa shape index (κ1) is 13.6. The summed E-state index contributed by atoms with van der Waals surface area (Å²) in [4.78, 5) is 0. The van der Waals surface area contributed by atoms with Gasteiger partial charge < -0.3 is 14.9 Å². The summed E-state index contributed by atoms with van der Waals surface area (Å²) in [5, 5.41) is 0.710. The highest BCUT2D eigenvalue weighted by molar-refractivity contribution is 5.78. The molecule has 0 amide bonds. The predicted octanol–water partition coefficient (Wildman–Crippen LogP) is 4.02. The van der Waals surface area contributed by atoms with Gasteiger partial charge in [-0.1, -0.05) is 24.3 Å². The van der Waals surface area contributed by atoms with Gasteiger partial charge in [0.2, 0.25) is 0 Å². The van der Waals surface area contributed by atoms with E-state index in [0.29, 0.717) is 17.8 Å². The van der Waals surface area contributed by atoms with Gasteiger partial charge in [0.1, 0.15) is 11.5 Å². The SMILES string of the molecule is CCOc1cccc(C(N)c2cc3cccc(F)c3o2)c1. The Bertz CT molecular complexity index is 766. The molecule has 3 aromatic rings. The fraction of sp³-hybridized carbons (Fsp3) is 0.176. The molecule has 3 nitrogen and oxygen atoms in total. The van der Waals surface area contributed by atoms with Crippen molar-refractivity contribution >= 4 is 11.0 Å².